The SMILES string of the molecule is COc1cc(CNC(=O)c2cc(C(=O)N[C@@H]3CCc4cc(-c5n[nH]c(C(F)(F)F)n5)ccc43)ncn2)ccc1F. The van der Waals surface area contributed by atoms with Crippen molar-refractivity contribution in [1.29, 1.82) is 0 Å². The maximum atomic E-state index is 13.6. The molecule has 2 aromatic carbocycles. The fourth-order valence-electron chi connectivity index (χ4n) is 4.35. The normalized spacial score (nSPS) is 14.5. The number of aromatic amines is 1. The van der Waals surface area contributed by atoms with E-state index in [0.29, 0.717) is 24.0 Å². The van der Waals surface area contributed by atoms with Crippen LogP contribution in [0.2, 0.25) is 0 Å². The lowest BCUT2D eigenvalue weighted by Gasteiger charge is -2.14. The first-order valence-corrected chi connectivity index (χ1v) is 12.0. The summed E-state index contributed by atoms with van der Waals surface area (Å²) in [6.07, 6.45) is -2.39. The summed E-state index contributed by atoms with van der Waals surface area (Å²) in [5, 5.41) is 11.1. The van der Waals surface area contributed by atoms with E-state index >= 15 is 0 Å². The number of alkyl halides is 3. The molecule has 0 fully saturated rings. The second kappa shape index (κ2) is 10.7. The third-order valence-corrected chi connectivity index (χ3v) is 6.34. The average molecular weight is 555 g/mol. The molecule has 2 aromatic heterocycles. The van der Waals surface area contributed by atoms with Gasteiger partial charge in [0.05, 0.1) is 13.2 Å². The highest BCUT2D eigenvalue weighted by Gasteiger charge is 2.35. The average Bonchev–Trinajstić information content (AvgIpc) is 3.60. The van der Waals surface area contributed by atoms with Crippen LogP contribution in [0.5, 0.6) is 5.75 Å². The van der Waals surface area contributed by atoms with Crippen LogP contribution in [0.3, 0.4) is 0 Å². The van der Waals surface area contributed by atoms with E-state index in [1.807, 2.05) is 5.10 Å². The van der Waals surface area contributed by atoms with Crippen LogP contribution in [0, 0.1) is 5.82 Å². The molecule has 2 amide bonds. The van der Waals surface area contributed by atoms with Gasteiger partial charge in [-0.05, 0) is 47.7 Å². The van der Waals surface area contributed by atoms with Crippen molar-refractivity contribution in [1.82, 2.24) is 35.8 Å². The predicted molar refractivity (Wildman–Crippen MR) is 132 cm³/mol. The minimum absolute atomic E-state index is 0.0194. The molecular formula is C26H21F4N7O3. The Labute approximate surface area is 224 Å². The van der Waals surface area contributed by atoms with E-state index in [4.69, 9.17) is 4.74 Å². The van der Waals surface area contributed by atoms with Crippen molar-refractivity contribution < 1.29 is 31.9 Å². The van der Waals surface area contributed by atoms with E-state index in [0.717, 1.165) is 17.5 Å². The molecule has 0 spiro atoms. The lowest BCUT2D eigenvalue weighted by atomic mass is 10.0. The molecule has 206 valence electrons. The summed E-state index contributed by atoms with van der Waals surface area (Å²) in [7, 11) is 1.34. The van der Waals surface area contributed by atoms with Gasteiger partial charge in [0.15, 0.2) is 17.4 Å². The number of aryl methyl sites for hydroxylation is 1. The van der Waals surface area contributed by atoms with Gasteiger partial charge >= 0.3 is 6.18 Å². The third kappa shape index (κ3) is 5.60. The zero-order valence-electron chi connectivity index (χ0n) is 20.8. The summed E-state index contributed by atoms with van der Waals surface area (Å²) in [6.45, 7) is 0.0766. The Kier molecular flexibility index (Phi) is 7.15. The Bertz CT molecular complexity index is 1590. The molecule has 1 aliphatic carbocycles. The molecule has 10 nitrogen and oxygen atoms in total. The topological polar surface area (TPSA) is 135 Å². The number of fused-ring (bicyclic) bond motifs is 1. The summed E-state index contributed by atoms with van der Waals surface area (Å²) in [6, 6.07) is 10.1. The van der Waals surface area contributed by atoms with Crippen LogP contribution in [-0.2, 0) is 19.1 Å². The lowest BCUT2D eigenvalue weighted by Crippen LogP contribution is -2.29. The van der Waals surface area contributed by atoms with Crippen molar-refractivity contribution in [3.63, 3.8) is 0 Å². The number of hydrogen-bond donors (Lipinski definition) is 3. The van der Waals surface area contributed by atoms with Gasteiger partial charge in [0.2, 0.25) is 5.82 Å². The largest absolute Gasteiger partial charge is 0.494 e. The number of nitrogens with one attached hydrogen (secondary N) is 3. The highest BCUT2D eigenvalue weighted by atomic mass is 19.4. The van der Waals surface area contributed by atoms with E-state index in [-0.39, 0.29) is 35.5 Å². The number of carbonyl (C=O) groups is 2. The van der Waals surface area contributed by atoms with Gasteiger partial charge in [-0.25, -0.2) is 19.3 Å². The van der Waals surface area contributed by atoms with Crippen molar-refractivity contribution in [3.8, 4) is 17.1 Å². The van der Waals surface area contributed by atoms with Crippen molar-refractivity contribution >= 4 is 11.8 Å². The van der Waals surface area contributed by atoms with Gasteiger partial charge in [0.1, 0.15) is 17.7 Å². The van der Waals surface area contributed by atoms with Gasteiger partial charge in [0, 0.05) is 18.2 Å². The van der Waals surface area contributed by atoms with Crippen LogP contribution in [-0.4, -0.2) is 44.1 Å². The van der Waals surface area contributed by atoms with Crippen molar-refractivity contribution in [2.75, 3.05) is 7.11 Å². The Morgan fingerprint density at radius 1 is 1.07 bits per heavy atom. The van der Waals surface area contributed by atoms with Gasteiger partial charge in [-0.1, -0.05) is 18.2 Å². The van der Waals surface area contributed by atoms with Crippen LogP contribution in [0.25, 0.3) is 11.4 Å². The second-order valence-corrected chi connectivity index (χ2v) is 8.92. The minimum atomic E-state index is -4.63. The highest BCUT2D eigenvalue weighted by molar-refractivity contribution is 5.97. The quantitative estimate of drug-likeness (QED) is 0.296. The molecule has 4 aromatic rings. The monoisotopic (exact) mass is 555 g/mol. The molecule has 0 saturated carbocycles. The summed E-state index contributed by atoms with van der Waals surface area (Å²) >= 11 is 0. The number of ether oxygens (including phenoxy) is 1. The molecule has 1 aliphatic rings. The fraction of sp³-hybridized carbons (Fsp3) is 0.231. The lowest BCUT2D eigenvalue weighted by molar-refractivity contribution is -0.144. The molecule has 3 N–H and O–H groups in total. The van der Waals surface area contributed by atoms with E-state index in [1.54, 1.807) is 18.2 Å². The molecular weight excluding hydrogens is 534 g/mol. The van der Waals surface area contributed by atoms with Crippen LogP contribution in [0.15, 0.2) is 48.8 Å². The molecule has 5 rings (SSSR count). The summed E-state index contributed by atoms with van der Waals surface area (Å²) in [5.41, 5.74) is 2.63. The van der Waals surface area contributed by atoms with E-state index < -0.39 is 29.6 Å². The Balaban J connectivity index is 1.23. The zero-order valence-corrected chi connectivity index (χ0v) is 20.8. The van der Waals surface area contributed by atoms with Gasteiger partial charge in [0.25, 0.3) is 11.8 Å². The van der Waals surface area contributed by atoms with E-state index in [2.05, 4.69) is 30.7 Å². The van der Waals surface area contributed by atoms with Crippen LogP contribution >= 0.6 is 0 Å². The van der Waals surface area contributed by atoms with Gasteiger partial charge in [-0.3, -0.25) is 14.7 Å². The number of carbonyl (C=O) groups excluding carboxylic acids is 2. The summed E-state index contributed by atoms with van der Waals surface area (Å²) < 4.78 is 57.1. The second-order valence-electron chi connectivity index (χ2n) is 8.92. The van der Waals surface area contributed by atoms with E-state index in [9.17, 15) is 27.2 Å². The van der Waals surface area contributed by atoms with Crippen LogP contribution in [0.4, 0.5) is 17.6 Å². The molecule has 0 bridgehead atoms. The molecule has 40 heavy (non-hydrogen) atoms. The maximum Gasteiger partial charge on any atom is 0.451 e. The van der Waals surface area contributed by atoms with Crippen molar-refractivity contribution in [2.45, 2.75) is 31.6 Å². The number of rotatable bonds is 7. The van der Waals surface area contributed by atoms with Crippen molar-refractivity contribution in [2.24, 2.45) is 0 Å². The van der Waals surface area contributed by atoms with Gasteiger partial charge in [-0.15, -0.1) is 0 Å². The number of halogens is 4. The molecule has 0 aliphatic heterocycles. The van der Waals surface area contributed by atoms with Crippen LogP contribution in [0.1, 0.15) is 56.0 Å². The Hall–Kier alpha value is -4.88. The Morgan fingerprint density at radius 3 is 2.58 bits per heavy atom. The molecule has 2 heterocycles. The van der Waals surface area contributed by atoms with E-state index in [1.165, 1.54) is 31.4 Å². The molecule has 0 saturated heterocycles. The summed E-state index contributed by atoms with van der Waals surface area (Å²) in [4.78, 5) is 37.0. The minimum Gasteiger partial charge on any atom is -0.494 e. The van der Waals surface area contributed by atoms with Gasteiger partial charge in [-0.2, -0.15) is 18.3 Å². The van der Waals surface area contributed by atoms with Crippen LogP contribution < -0.4 is 15.4 Å². The standard InChI is InChI=1S/C26H21F4N7O3/c1-40-21-8-13(2-6-17(21)27)11-31-23(38)19-10-20(33-12-32-19)24(39)34-18-7-4-14-9-15(3-5-16(14)18)22-35-25(37-36-22)26(28,29)30/h2-3,5-6,8-10,12,18H,4,7,11H2,1H3,(H,31,38)(H,34,39)(H,35,36,37)/t18-/m1/s1. The number of benzene rings is 2. The number of amides is 2. The molecule has 0 unspecified atom stereocenters. The number of aromatic nitrogens is 5. The third-order valence-electron chi connectivity index (χ3n) is 6.34. The first kappa shape index (κ1) is 26.7. The Morgan fingerprint density at radius 2 is 1.85 bits per heavy atom. The molecule has 14 heteroatoms. The highest BCUT2D eigenvalue weighted by Crippen LogP contribution is 2.34. The number of nitrogens with zero attached hydrogens (tertiary/aromatic N) is 4. The first-order valence-electron chi connectivity index (χ1n) is 12.0. The van der Waals surface area contributed by atoms with Gasteiger partial charge < -0.3 is 15.4 Å². The first-order chi connectivity index (χ1) is 19.1. The van der Waals surface area contributed by atoms with Crippen molar-refractivity contribution in [3.05, 3.63) is 88.5 Å². The number of methoxy groups -OCH3 is 1. The molecule has 1 atom stereocenters. The number of hydrogen-bond acceptors (Lipinski definition) is 7. The maximum absolute atomic E-state index is 13.6. The summed E-state index contributed by atoms with van der Waals surface area (Å²) in [5.74, 6) is -2.81. The predicted octanol–water partition coefficient (Wildman–Crippen LogP) is 3.78. The molecule has 0 radical (unpaired) electrons. The zero-order chi connectivity index (χ0) is 28.4. The number of H-pyrrole nitrogens is 1. The smallest absolute Gasteiger partial charge is 0.451 e. The fourth-order valence-corrected chi connectivity index (χ4v) is 4.35.